The van der Waals surface area contributed by atoms with Crippen molar-refractivity contribution in [3.8, 4) is 5.75 Å². The summed E-state index contributed by atoms with van der Waals surface area (Å²) in [5.74, 6) is 0.651. The van der Waals surface area contributed by atoms with Crippen molar-refractivity contribution in [1.29, 1.82) is 0 Å². The zero-order valence-corrected chi connectivity index (χ0v) is 15.1. The van der Waals surface area contributed by atoms with Crippen LogP contribution in [-0.4, -0.2) is 48.6 Å². The number of rotatable bonds is 5. The Balaban J connectivity index is 1.57. The number of carbonyl (C=O) groups excluding carboxylic acids is 1. The molecule has 0 atom stereocenters. The van der Waals surface area contributed by atoms with Gasteiger partial charge in [0.15, 0.2) is 0 Å². The summed E-state index contributed by atoms with van der Waals surface area (Å²) in [4.78, 5) is 26.8. The van der Waals surface area contributed by atoms with Gasteiger partial charge in [0.2, 0.25) is 0 Å². The van der Waals surface area contributed by atoms with Crippen LogP contribution in [0.25, 0.3) is 0 Å². The van der Waals surface area contributed by atoms with Crippen LogP contribution in [0.15, 0.2) is 48.5 Å². The van der Waals surface area contributed by atoms with E-state index in [1.54, 1.807) is 17.0 Å². The largest absolute Gasteiger partial charge is 0.492 e. The SMILES string of the molecule is CCOc1ccccc1NC(=O)N1CCN(c2ccc([N+](=O)[O-])cc2)CC1. The standard InChI is InChI=1S/C19H22N4O4/c1-2-27-18-6-4-3-5-17(18)20-19(24)22-13-11-21(12-14-22)15-7-9-16(10-8-15)23(25)26/h3-10H,2,11-14H2,1H3,(H,20,24). The third-order valence-electron chi connectivity index (χ3n) is 4.42. The molecule has 27 heavy (non-hydrogen) atoms. The van der Waals surface area contributed by atoms with Gasteiger partial charge in [0.1, 0.15) is 5.75 Å². The maximum atomic E-state index is 12.6. The molecule has 1 aliphatic rings. The highest BCUT2D eigenvalue weighted by atomic mass is 16.6. The minimum Gasteiger partial charge on any atom is -0.492 e. The smallest absolute Gasteiger partial charge is 0.322 e. The molecule has 0 spiro atoms. The van der Waals surface area contributed by atoms with Crippen molar-refractivity contribution in [2.24, 2.45) is 0 Å². The number of nitrogens with zero attached hydrogens (tertiary/aromatic N) is 3. The fraction of sp³-hybridized carbons (Fsp3) is 0.316. The molecule has 0 unspecified atom stereocenters. The van der Waals surface area contributed by atoms with E-state index in [1.807, 2.05) is 31.2 Å². The molecule has 0 saturated carbocycles. The van der Waals surface area contributed by atoms with Gasteiger partial charge in [0, 0.05) is 44.0 Å². The van der Waals surface area contributed by atoms with Gasteiger partial charge in [-0.15, -0.1) is 0 Å². The molecule has 8 heteroatoms. The summed E-state index contributed by atoms with van der Waals surface area (Å²) in [5, 5.41) is 13.7. The summed E-state index contributed by atoms with van der Waals surface area (Å²) in [6.07, 6.45) is 0. The predicted octanol–water partition coefficient (Wildman–Crippen LogP) is 3.35. The van der Waals surface area contributed by atoms with E-state index in [-0.39, 0.29) is 11.7 Å². The number of carbonyl (C=O) groups is 1. The second-order valence-corrected chi connectivity index (χ2v) is 6.11. The second kappa shape index (κ2) is 8.39. The van der Waals surface area contributed by atoms with Gasteiger partial charge < -0.3 is 19.9 Å². The lowest BCUT2D eigenvalue weighted by molar-refractivity contribution is -0.384. The first-order valence-corrected chi connectivity index (χ1v) is 8.85. The van der Waals surface area contributed by atoms with E-state index in [1.165, 1.54) is 12.1 Å². The van der Waals surface area contributed by atoms with Crippen molar-refractivity contribution in [3.63, 3.8) is 0 Å². The van der Waals surface area contributed by atoms with Crippen LogP contribution in [0.2, 0.25) is 0 Å². The maximum Gasteiger partial charge on any atom is 0.322 e. The van der Waals surface area contributed by atoms with Crippen LogP contribution in [0, 0.1) is 10.1 Å². The van der Waals surface area contributed by atoms with E-state index in [2.05, 4.69) is 10.2 Å². The zero-order valence-electron chi connectivity index (χ0n) is 15.1. The van der Waals surface area contributed by atoms with Crippen LogP contribution in [0.5, 0.6) is 5.75 Å². The predicted molar refractivity (Wildman–Crippen MR) is 104 cm³/mol. The number of non-ortho nitro benzene ring substituents is 1. The first-order valence-electron chi connectivity index (χ1n) is 8.85. The van der Waals surface area contributed by atoms with Gasteiger partial charge in [0.25, 0.3) is 5.69 Å². The number of nitro groups is 1. The first kappa shape index (κ1) is 18.5. The van der Waals surface area contributed by atoms with Crippen LogP contribution >= 0.6 is 0 Å². The molecule has 3 rings (SSSR count). The van der Waals surface area contributed by atoms with Gasteiger partial charge >= 0.3 is 6.03 Å². The van der Waals surface area contributed by atoms with Crippen molar-refractivity contribution in [1.82, 2.24) is 4.90 Å². The van der Waals surface area contributed by atoms with E-state index in [9.17, 15) is 14.9 Å². The lowest BCUT2D eigenvalue weighted by Crippen LogP contribution is -2.50. The Morgan fingerprint density at radius 2 is 1.78 bits per heavy atom. The molecule has 2 amide bonds. The average Bonchev–Trinajstić information content (AvgIpc) is 2.70. The second-order valence-electron chi connectivity index (χ2n) is 6.11. The van der Waals surface area contributed by atoms with E-state index in [0.29, 0.717) is 44.2 Å². The fourth-order valence-electron chi connectivity index (χ4n) is 3.00. The van der Waals surface area contributed by atoms with Gasteiger partial charge in [0.05, 0.1) is 17.2 Å². The number of nitro benzene ring substituents is 1. The number of hydrogen-bond donors (Lipinski definition) is 1. The Morgan fingerprint density at radius 3 is 2.41 bits per heavy atom. The number of hydrogen-bond acceptors (Lipinski definition) is 5. The minimum absolute atomic E-state index is 0.0738. The Morgan fingerprint density at radius 1 is 1.11 bits per heavy atom. The molecule has 2 aromatic rings. The van der Waals surface area contributed by atoms with Crippen molar-refractivity contribution < 1.29 is 14.5 Å². The Bertz CT molecular complexity index is 802. The molecular weight excluding hydrogens is 348 g/mol. The monoisotopic (exact) mass is 370 g/mol. The highest BCUT2D eigenvalue weighted by Crippen LogP contribution is 2.25. The lowest BCUT2D eigenvalue weighted by atomic mass is 10.2. The summed E-state index contributed by atoms with van der Waals surface area (Å²) < 4.78 is 5.54. The minimum atomic E-state index is -0.411. The number of nitrogens with one attached hydrogen (secondary N) is 1. The fourth-order valence-corrected chi connectivity index (χ4v) is 3.00. The molecule has 1 fully saturated rings. The first-order chi connectivity index (χ1) is 13.1. The van der Waals surface area contributed by atoms with E-state index >= 15 is 0 Å². The maximum absolute atomic E-state index is 12.6. The molecule has 1 aliphatic heterocycles. The number of para-hydroxylation sites is 2. The van der Waals surface area contributed by atoms with Gasteiger partial charge in [-0.05, 0) is 31.2 Å². The molecule has 0 bridgehead atoms. The number of benzene rings is 2. The highest BCUT2D eigenvalue weighted by Gasteiger charge is 2.22. The summed E-state index contributed by atoms with van der Waals surface area (Å²) >= 11 is 0. The van der Waals surface area contributed by atoms with Gasteiger partial charge in [-0.25, -0.2) is 4.79 Å². The van der Waals surface area contributed by atoms with Crippen molar-refractivity contribution in [2.75, 3.05) is 43.0 Å². The highest BCUT2D eigenvalue weighted by molar-refractivity contribution is 5.91. The molecule has 0 radical (unpaired) electrons. The summed E-state index contributed by atoms with van der Waals surface area (Å²) in [6, 6.07) is 13.7. The molecule has 142 valence electrons. The van der Waals surface area contributed by atoms with Gasteiger partial charge in [-0.3, -0.25) is 10.1 Å². The molecule has 1 N–H and O–H groups in total. The number of ether oxygens (including phenoxy) is 1. The van der Waals surface area contributed by atoms with Gasteiger partial charge in [-0.1, -0.05) is 12.1 Å². The summed E-state index contributed by atoms with van der Waals surface area (Å²) in [6.45, 7) is 4.90. The zero-order chi connectivity index (χ0) is 19.2. The third kappa shape index (κ3) is 4.46. The number of piperazine rings is 1. The lowest BCUT2D eigenvalue weighted by Gasteiger charge is -2.36. The summed E-state index contributed by atoms with van der Waals surface area (Å²) in [7, 11) is 0. The van der Waals surface area contributed by atoms with Crippen LogP contribution in [0.4, 0.5) is 21.9 Å². The number of amides is 2. The number of urea groups is 1. The molecule has 8 nitrogen and oxygen atoms in total. The molecule has 1 heterocycles. The average molecular weight is 370 g/mol. The van der Waals surface area contributed by atoms with Crippen LogP contribution < -0.4 is 15.0 Å². The van der Waals surface area contributed by atoms with Crippen molar-refractivity contribution >= 4 is 23.1 Å². The Kier molecular flexibility index (Phi) is 5.75. The third-order valence-corrected chi connectivity index (χ3v) is 4.42. The van der Waals surface area contributed by atoms with Crippen LogP contribution in [0.3, 0.4) is 0 Å². The molecule has 2 aromatic carbocycles. The normalized spacial score (nSPS) is 14.0. The quantitative estimate of drug-likeness (QED) is 0.644. The van der Waals surface area contributed by atoms with Crippen LogP contribution in [-0.2, 0) is 0 Å². The van der Waals surface area contributed by atoms with Crippen molar-refractivity contribution in [3.05, 3.63) is 58.6 Å². The van der Waals surface area contributed by atoms with E-state index < -0.39 is 4.92 Å². The van der Waals surface area contributed by atoms with Crippen molar-refractivity contribution in [2.45, 2.75) is 6.92 Å². The van der Waals surface area contributed by atoms with Gasteiger partial charge in [-0.2, -0.15) is 0 Å². The molecular formula is C19H22N4O4. The van der Waals surface area contributed by atoms with E-state index in [0.717, 1.165) is 5.69 Å². The molecule has 0 aliphatic carbocycles. The van der Waals surface area contributed by atoms with E-state index in [4.69, 9.17) is 4.74 Å². The molecule has 0 aromatic heterocycles. The summed E-state index contributed by atoms with van der Waals surface area (Å²) in [5.41, 5.74) is 1.65. The number of anilines is 2. The Hall–Kier alpha value is -3.29. The Labute approximate surface area is 157 Å². The topological polar surface area (TPSA) is 88.0 Å². The molecule has 1 saturated heterocycles. The van der Waals surface area contributed by atoms with Crippen LogP contribution in [0.1, 0.15) is 6.92 Å².